The second-order valence-corrected chi connectivity index (χ2v) is 8.04. The van der Waals surface area contributed by atoms with Gasteiger partial charge in [-0.3, -0.25) is 15.1 Å². The number of piperazine rings is 1. The lowest BCUT2D eigenvalue weighted by atomic mass is 10.3. The van der Waals surface area contributed by atoms with Gasteiger partial charge >= 0.3 is 0 Å². The van der Waals surface area contributed by atoms with Gasteiger partial charge in [-0.05, 0) is 24.3 Å². The van der Waals surface area contributed by atoms with Crippen LogP contribution in [0.25, 0.3) is 0 Å². The summed E-state index contributed by atoms with van der Waals surface area (Å²) in [6.45, 7) is 2.48. The van der Waals surface area contributed by atoms with Crippen LogP contribution >= 0.6 is 36.7 Å². The average Bonchev–Trinajstić information content (AvgIpc) is 2.77. The fourth-order valence-electron chi connectivity index (χ4n) is 3.08. The molecule has 1 aliphatic rings. The summed E-state index contributed by atoms with van der Waals surface area (Å²) in [5, 5.41) is 11.9. The molecule has 0 saturated carbocycles. The van der Waals surface area contributed by atoms with Gasteiger partial charge < -0.3 is 14.6 Å². The van der Waals surface area contributed by atoms with Gasteiger partial charge in [-0.2, -0.15) is 13.5 Å². The van der Waals surface area contributed by atoms with E-state index in [4.69, 9.17) is 32.7 Å². The van der Waals surface area contributed by atoms with E-state index in [1.165, 1.54) is 30.3 Å². The van der Waals surface area contributed by atoms with Gasteiger partial charge in [0.2, 0.25) is 0 Å². The summed E-state index contributed by atoms with van der Waals surface area (Å²) in [6, 6.07) is 8.06. The Balaban J connectivity index is 0.00000385. The lowest BCUT2D eigenvalue weighted by Gasteiger charge is -2.35. The van der Waals surface area contributed by atoms with E-state index in [-0.39, 0.29) is 48.4 Å². The molecule has 0 aliphatic carbocycles. The van der Waals surface area contributed by atoms with Gasteiger partial charge in [0.25, 0.3) is 5.91 Å². The molecule has 1 fully saturated rings. The largest absolute Gasteiger partial charge is 0.491 e. The normalized spacial score (nSPS) is 15.4. The molecule has 12 heteroatoms. The number of benzene rings is 2. The first-order valence-electron chi connectivity index (χ1n) is 9.90. The van der Waals surface area contributed by atoms with Gasteiger partial charge in [0.1, 0.15) is 35.8 Å². The molecule has 1 saturated heterocycles. The predicted octanol–water partition coefficient (Wildman–Crippen LogP) is 2.85. The number of nitrogens with zero attached hydrogens (tertiary/aromatic N) is 2. The van der Waals surface area contributed by atoms with E-state index < -0.39 is 17.7 Å². The van der Waals surface area contributed by atoms with Crippen LogP contribution in [0.3, 0.4) is 0 Å². The first kappa shape index (κ1) is 27.4. The molecular formula is C21H25Cl2F2N3O4S. The molecule has 7 nitrogen and oxygen atoms in total. The quantitative estimate of drug-likeness (QED) is 0.526. The van der Waals surface area contributed by atoms with Crippen LogP contribution in [0.1, 0.15) is 0 Å². The van der Waals surface area contributed by atoms with Gasteiger partial charge in [0.05, 0.1) is 10.0 Å². The Labute approximate surface area is 207 Å². The van der Waals surface area contributed by atoms with Crippen molar-refractivity contribution < 1.29 is 28.2 Å². The number of aliphatic hydroxyl groups excluding tert-OH is 1. The van der Waals surface area contributed by atoms with Crippen LogP contribution in [0.5, 0.6) is 11.5 Å². The van der Waals surface area contributed by atoms with Crippen molar-refractivity contribution in [1.29, 1.82) is 0 Å². The molecule has 182 valence electrons. The van der Waals surface area contributed by atoms with Gasteiger partial charge in [-0.1, -0.05) is 23.2 Å². The third-order valence-corrected chi connectivity index (χ3v) is 5.33. The highest BCUT2D eigenvalue weighted by Crippen LogP contribution is 2.21. The number of hydrogen-bond acceptors (Lipinski definition) is 6. The number of ether oxygens (including phenoxy) is 2. The van der Waals surface area contributed by atoms with Crippen molar-refractivity contribution in [3.63, 3.8) is 0 Å². The van der Waals surface area contributed by atoms with Crippen molar-refractivity contribution >= 4 is 42.6 Å². The summed E-state index contributed by atoms with van der Waals surface area (Å²) in [7, 11) is 0. The number of nitrogens with one attached hydrogen (secondary N) is 1. The molecule has 2 N–H and O–H groups in total. The van der Waals surface area contributed by atoms with Crippen molar-refractivity contribution in [2.75, 3.05) is 45.9 Å². The number of aliphatic hydroxyl groups is 1. The van der Waals surface area contributed by atoms with Crippen LogP contribution in [-0.4, -0.2) is 73.0 Å². The van der Waals surface area contributed by atoms with Crippen LogP contribution in [0.2, 0.25) is 10.0 Å². The third kappa shape index (κ3) is 8.80. The number of halogens is 4. The highest BCUT2D eigenvalue weighted by Gasteiger charge is 2.21. The van der Waals surface area contributed by atoms with Gasteiger partial charge in [0, 0.05) is 44.9 Å². The van der Waals surface area contributed by atoms with E-state index in [1.807, 2.05) is 4.90 Å². The van der Waals surface area contributed by atoms with E-state index in [0.29, 0.717) is 38.5 Å². The van der Waals surface area contributed by atoms with Crippen molar-refractivity contribution in [3.05, 3.63) is 58.1 Å². The molecule has 1 atom stereocenters. The zero-order valence-electron chi connectivity index (χ0n) is 17.6. The standard InChI is InChI=1S/C21H23Cl2F2N3O4.H2S/c22-17-3-1-15(9-19(17)24)31-12-14(29)11-27-5-7-28(8-6-27)26-21(30)13-32-16-2-4-18(23)20(25)10-16;/h1-4,9-10,14,29H,5-8,11-13H2,(H,26,30);1H2/t14-;/m0./s1. The Kier molecular flexibility index (Phi) is 10.9. The highest BCUT2D eigenvalue weighted by atomic mass is 35.5. The first-order valence-corrected chi connectivity index (χ1v) is 10.7. The van der Waals surface area contributed by atoms with Crippen molar-refractivity contribution in [1.82, 2.24) is 15.3 Å². The molecule has 33 heavy (non-hydrogen) atoms. The van der Waals surface area contributed by atoms with Gasteiger partial charge in [-0.25, -0.2) is 13.8 Å². The van der Waals surface area contributed by atoms with Crippen LogP contribution in [0.4, 0.5) is 8.78 Å². The second kappa shape index (κ2) is 13.2. The zero-order valence-corrected chi connectivity index (χ0v) is 20.1. The second-order valence-electron chi connectivity index (χ2n) is 7.23. The number of β-amino-alcohol motifs (C(OH)–C–C–N with tert-alkyl or cyclic N) is 1. The predicted molar refractivity (Wildman–Crippen MR) is 126 cm³/mol. The lowest BCUT2D eigenvalue weighted by Crippen LogP contribution is -2.55. The highest BCUT2D eigenvalue weighted by molar-refractivity contribution is 7.59. The molecule has 0 bridgehead atoms. The Morgan fingerprint density at radius 1 is 1.00 bits per heavy atom. The number of carbonyl (C=O) groups excluding carboxylic acids is 1. The maximum atomic E-state index is 13.4. The summed E-state index contributed by atoms with van der Waals surface area (Å²) < 4.78 is 37.5. The monoisotopic (exact) mass is 523 g/mol. The SMILES string of the molecule is O=C(COc1ccc(Cl)c(F)c1)NN1CCN(C[C@H](O)COc2ccc(Cl)c(F)c2)CC1.S. The fraction of sp³-hybridized carbons (Fsp3) is 0.381. The number of amides is 1. The minimum absolute atomic E-state index is 0. The van der Waals surface area contributed by atoms with Crippen molar-refractivity contribution in [3.8, 4) is 11.5 Å². The molecule has 3 rings (SSSR count). The number of rotatable bonds is 9. The van der Waals surface area contributed by atoms with E-state index in [2.05, 4.69) is 5.43 Å². The van der Waals surface area contributed by atoms with Gasteiger partial charge in [0.15, 0.2) is 6.61 Å². The maximum Gasteiger partial charge on any atom is 0.272 e. The van der Waals surface area contributed by atoms with E-state index >= 15 is 0 Å². The topological polar surface area (TPSA) is 74.3 Å². The molecular weight excluding hydrogens is 499 g/mol. The first-order chi connectivity index (χ1) is 15.3. The van der Waals surface area contributed by atoms with Crippen molar-refractivity contribution in [2.24, 2.45) is 0 Å². The zero-order chi connectivity index (χ0) is 23.1. The lowest BCUT2D eigenvalue weighted by molar-refractivity contribution is -0.129. The Morgan fingerprint density at radius 3 is 2.09 bits per heavy atom. The molecule has 0 spiro atoms. The molecule has 0 aromatic heterocycles. The maximum absolute atomic E-state index is 13.4. The summed E-state index contributed by atoms with van der Waals surface area (Å²) in [6.07, 6.45) is -0.761. The van der Waals surface area contributed by atoms with Crippen LogP contribution in [0, 0.1) is 11.6 Å². The van der Waals surface area contributed by atoms with E-state index in [1.54, 1.807) is 5.01 Å². The molecule has 2 aromatic rings. The third-order valence-electron chi connectivity index (χ3n) is 4.72. The smallest absolute Gasteiger partial charge is 0.272 e. The summed E-state index contributed by atoms with van der Waals surface area (Å²) >= 11 is 11.2. The van der Waals surface area contributed by atoms with E-state index in [9.17, 15) is 18.7 Å². The number of carbonyl (C=O) groups is 1. The van der Waals surface area contributed by atoms with Gasteiger partial charge in [-0.15, -0.1) is 0 Å². The molecule has 2 aromatic carbocycles. The Bertz CT molecular complexity index is 936. The minimum Gasteiger partial charge on any atom is -0.491 e. The minimum atomic E-state index is -0.761. The summed E-state index contributed by atoms with van der Waals surface area (Å²) in [5.74, 6) is -1.06. The Morgan fingerprint density at radius 2 is 1.55 bits per heavy atom. The van der Waals surface area contributed by atoms with Crippen LogP contribution in [-0.2, 0) is 4.79 Å². The summed E-state index contributed by atoms with van der Waals surface area (Å²) in [4.78, 5) is 14.1. The van der Waals surface area contributed by atoms with E-state index in [0.717, 1.165) is 6.07 Å². The Hall–Kier alpha value is -1.82. The van der Waals surface area contributed by atoms with Crippen molar-refractivity contribution in [2.45, 2.75) is 6.10 Å². The van der Waals surface area contributed by atoms with Crippen LogP contribution in [0.15, 0.2) is 36.4 Å². The number of hydrogen-bond donors (Lipinski definition) is 2. The molecule has 0 radical (unpaired) electrons. The molecule has 0 unspecified atom stereocenters. The van der Waals surface area contributed by atoms with Crippen LogP contribution < -0.4 is 14.9 Å². The molecule has 1 aliphatic heterocycles. The number of hydrazine groups is 1. The molecule has 1 amide bonds. The fourth-order valence-corrected chi connectivity index (χ4v) is 3.31. The average molecular weight is 524 g/mol. The summed E-state index contributed by atoms with van der Waals surface area (Å²) in [5.41, 5.74) is 2.73. The molecule has 1 heterocycles.